The summed E-state index contributed by atoms with van der Waals surface area (Å²) < 4.78 is 5.33. The molecule has 1 aromatic rings. The van der Waals surface area contributed by atoms with Gasteiger partial charge in [-0.05, 0) is 25.0 Å². The maximum atomic E-state index is 12.0. The van der Waals surface area contributed by atoms with Crippen LogP contribution < -0.4 is 15.8 Å². The number of hydrogen-bond acceptors (Lipinski definition) is 4. The van der Waals surface area contributed by atoms with Gasteiger partial charge in [-0.15, -0.1) is 0 Å². The van der Waals surface area contributed by atoms with Crippen LogP contribution in [0.3, 0.4) is 0 Å². The van der Waals surface area contributed by atoms with Gasteiger partial charge in [-0.1, -0.05) is 25.1 Å². The van der Waals surface area contributed by atoms with Gasteiger partial charge in [0, 0.05) is 17.7 Å². The summed E-state index contributed by atoms with van der Waals surface area (Å²) >= 11 is 0. The first-order valence-electron chi connectivity index (χ1n) is 6.60. The summed E-state index contributed by atoms with van der Waals surface area (Å²) in [5.74, 6) is 0.538. The molecule has 0 aromatic heterocycles. The lowest BCUT2D eigenvalue weighted by atomic mass is 10.0. The van der Waals surface area contributed by atoms with Gasteiger partial charge in [-0.3, -0.25) is 4.79 Å². The Hall–Kier alpha value is -2.24. The summed E-state index contributed by atoms with van der Waals surface area (Å²) in [6, 6.07) is 6.99. The molecule has 1 aromatic carbocycles. The van der Waals surface area contributed by atoms with Crippen molar-refractivity contribution in [2.45, 2.75) is 26.7 Å². The summed E-state index contributed by atoms with van der Waals surface area (Å²) in [6.07, 6.45) is 1.62. The predicted molar refractivity (Wildman–Crippen MR) is 78.0 cm³/mol. The molecule has 0 heterocycles. The number of oxime groups is 1. The third-order valence-corrected chi connectivity index (χ3v) is 2.97. The Balaban J connectivity index is 2.66. The molecule has 0 bridgehead atoms. The van der Waals surface area contributed by atoms with Gasteiger partial charge in [0.1, 0.15) is 12.4 Å². The molecule has 20 heavy (non-hydrogen) atoms. The fourth-order valence-corrected chi connectivity index (χ4v) is 1.75. The van der Waals surface area contributed by atoms with Crippen LogP contribution in [0, 0.1) is 5.92 Å². The van der Waals surface area contributed by atoms with Crippen molar-refractivity contribution in [3.8, 4) is 5.75 Å². The molecule has 4 N–H and O–H groups in total. The first kappa shape index (κ1) is 15.8. The maximum Gasteiger partial charge on any atom is 0.227 e. The van der Waals surface area contributed by atoms with Crippen molar-refractivity contribution < 1.29 is 14.7 Å². The smallest absolute Gasteiger partial charge is 0.227 e. The number of hydrogen-bond donors (Lipinski definition) is 3. The van der Waals surface area contributed by atoms with Crippen molar-refractivity contribution in [2.75, 3.05) is 11.9 Å². The summed E-state index contributed by atoms with van der Waals surface area (Å²) in [4.78, 5) is 12.0. The van der Waals surface area contributed by atoms with E-state index >= 15 is 0 Å². The van der Waals surface area contributed by atoms with Gasteiger partial charge in [-0.2, -0.15) is 0 Å². The highest BCUT2D eigenvalue weighted by molar-refractivity contribution is 5.92. The third kappa shape index (κ3) is 4.79. The van der Waals surface area contributed by atoms with Crippen molar-refractivity contribution in [3.05, 3.63) is 24.3 Å². The van der Waals surface area contributed by atoms with E-state index in [0.29, 0.717) is 11.4 Å². The lowest BCUT2D eigenvalue weighted by Crippen LogP contribution is -2.22. The van der Waals surface area contributed by atoms with Gasteiger partial charge in [0.25, 0.3) is 0 Å². The number of amidine groups is 1. The molecule has 0 aliphatic carbocycles. The van der Waals surface area contributed by atoms with Gasteiger partial charge in [0.2, 0.25) is 5.91 Å². The van der Waals surface area contributed by atoms with E-state index < -0.39 is 0 Å². The molecule has 110 valence electrons. The Bertz CT molecular complexity index is 470. The number of carbonyl (C=O) groups is 1. The van der Waals surface area contributed by atoms with Gasteiger partial charge in [-0.25, -0.2) is 0 Å². The maximum absolute atomic E-state index is 12.0. The molecule has 6 heteroatoms. The van der Waals surface area contributed by atoms with Crippen LogP contribution >= 0.6 is 0 Å². The quantitative estimate of drug-likeness (QED) is 0.308. The van der Waals surface area contributed by atoms with Crippen molar-refractivity contribution in [2.24, 2.45) is 16.8 Å². The minimum Gasteiger partial charge on any atom is -0.485 e. The highest BCUT2D eigenvalue weighted by Gasteiger charge is 2.14. The second kappa shape index (κ2) is 8.04. The fourth-order valence-electron chi connectivity index (χ4n) is 1.75. The van der Waals surface area contributed by atoms with Crippen LogP contribution in [0.15, 0.2) is 29.4 Å². The normalized spacial score (nSPS) is 11.4. The predicted octanol–water partition coefficient (Wildman–Crippen LogP) is 2.19. The highest BCUT2D eigenvalue weighted by Crippen LogP contribution is 2.19. The van der Waals surface area contributed by atoms with E-state index in [4.69, 9.17) is 15.7 Å². The molecule has 1 rings (SSSR count). The Morgan fingerprint density at radius 1 is 1.45 bits per heavy atom. The molecule has 1 amide bonds. The summed E-state index contributed by atoms with van der Waals surface area (Å²) in [5, 5.41) is 14.1. The number of carbonyl (C=O) groups excluding carboxylic acids is 1. The fraction of sp³-hybridized carbons (Fsp3) is 0.429. The molecule has 0 saturated carbocycles. The zero-order valence-corrected chi connectivity index (χ0v) is 11.8. The van der Waals surface area contributed by atoms with Gasteiger partial charge < -0.3 is 21.0 Å². The molecule has 0 unspecified atom stereocenters. The average molecular weight is 279 g/mol. The number of nitrogens with two attached hydrogens (primary N) is 1. The van der Waals surface area contributed by atoms with Crippen molar-refractivity contribution in [1.29, 1.82) is 0 Å². The number of nitrogens with one attached hydrogen (secondary N) is 1. The van der Waals surface area contributed by atoms with E-state index in [1.54, 1.807) is 24.3 Å². The van der Waals surface area contributed by atoms with Crippen LogP contribution in [0.25, 0.3) is 0 Å². The SMILES string of the molecule is CCC(CC)C(=O)Nc1cccc(OC/C(N)=N/O)c1. The lowest BCUT2D eigenvalue weighted by molar-refractivity contribution is -0.120. The van der Waals surface area contributed by atoms with E-state index in [1.807, 2.05) is 13.8 Å². The minimum atomic E-state index is -0.0172. The highest BCUT2D eigenvalue weighted by atomic mass is 16.5. The Morgan fingerprint density at radius 3 is 2.75 bits per heavy atom. The standard InChI is InChI=1S/C14H21N3O3/c1-3-10(4-2)14(18)16-11-6-5-7-12(8-11)20-9-13(15)17-19/h5-8,10,19H,3-4,9H2,1-2H3,(H2,15,17)(H,16,18). The number of nitrogens with zero attached hydrogens (tertiary/aromatic N) is 1. The molecule has 0 spiro atoms. The topological polar surface area (TPSA) is 96.9 Å². The van der Waals surface area contributed by atoms with Crippen LogP contribution in [0.2, 0.25) is 0 Å². The van der Waals surface area contributed by atoms with Crippen LogP contribution in [0.5, 0.6) is 5.75 Å². The summed E-state index contributed by atoms with van der Waals surface area (Å²) in [5.41, 5.74) is 5.99. The number of rotatable bonds is 7. The van der Waals surface area contributed by atoms with Crippen LogP contribution in [-0.4, -0.2) is 23.6 Å². The molecule has 6 nitrogen and oxygen atoms in total. The second-order valence-corrected chi connectivity index (χ2v) is 4.41. The van der Waals surface area contributed by atoms with Crippen LogP contribution in [-0.2, 0) is 4.79 Å². The zero-order chi connectivity index (χ0) is 15.0. The largest absolute Gasteiger partial charge is 0.485 e. The lowest BCUT2D eigenvalue weighted by Gasteiger charge is -2.13. The molecule has 0 radical (unpaired) electrons. The number of ether oxygens (including phenoxy) is 1. The van der Waals surface area contributed by atoms with E-state index in [1.165, 1.54) is 0 Å². The van der Waals surface area contributed by atoms with Gasteiger partial charge in [0.15, 0.2) is 5.84 Å². The monoisotopic (exact) mass is 279 g/mol. The average Bonchev–Trinajstić information content (AvgIpc) is 2.46. The Labute approximate surface area is 118 Å². The van der Waals surface area contributed by atoms with Gasteiger partial charge >= 0.3 is 0 Å². The molecule has 0 fully saturated rings. The number of amides is 1. The molecular weight excluding hydrogens is 258 g/mol. The van der Waals surface area contributed by atoms with Crippen LogP contribution in [0.1, 0.15) is 26.7 Å². The minimum absolute atomic E-state index is 0.00332. The molecule has 0 aliphatic heterocycles. The first-order valence-corrected chi connectivity index (χ1v) is 6.60. The number of benzene rings is 1. The van der Waals surface area contributed by atoms with Crippen molar-refractivity contribution >= 4 is 17.4 Å². The second-order valence-electron chi connectivity index (χ2n) is 4.41. The van der Waals surface area contributed by atoms with E-state index in [0.717, 1.165) is 12.8 Å². The number of anilines is 1. The molecule has 0 aliphatic rings. The summed E-state index contributed by atoms with van der Waals surface area (Å²) in [7, 11) is 0. The van der Waals surface area contributed by atoms with E-state index in [-0.39, 0.29) is 24.3 Å². The third-order valence-electron chi connectivity index (χ3n) is 2.97. The van der Waals surface area contributed by atoms with E-state index in [2.05, 4.69) is 10.5 Å². The zero-order valence-electron chi connectivity index (χ0n) is 11.8. The Morgan fingerprint density at radius 2 is 2.15 bits per heavy atom. The molecule has 0 atom stereocenters. The summed E-state index contributed by atoms with van der Waals surface area (Å²) in [6.45, 7) is 3.97. The van der Waals surface area contributed by atoms with Crippen LogP contribution in [0.4, 0.5) is 5.69 Å². The first-order chi connectivity index (χ1) is 9.60. The van der Waals surface area contributed by atoms with E-state index in [9.17, 15) is 4.79 Å². The van der Waals surface area contributed by atoms with Gasteiger partial charge in [0.05, 0.1) is 0 Å². The van der Waals surface area contributed by atoms with Crippen molar-refractivity contribution in [1.82, 2.24) is 0 Å². The molecular formula is C14H21N3O3. The molecule has 0 saturated heterocycles. The van der Waals surface area contributed by atoms with Crippen molar-refractivity contribution in [3.63, 3.8) is 0 Å². The Kier molecular flexibility index (Phi) is 6.36.